The minimum atomic E-state index is -0.266. The highest BCUT2D eigenvalue weighted by molar-refractivity contribution is 7.98. The number of hydrogen-bond acceptors (Lipinski definition) is 2. The van der Waals surface area contributed by atoms with Crippen LogP contribution in [0.5, 0.6) is 0 Å². The summed E-state index contributed by atoms with van der Waals surface area (Å²) in [5.41, 5.74) is 0.999. The Bertz CT molecular complexity index is 373. The van der Waals surface area contributed by atoms with Crippen LogP contribution in [0.1, 0.15) is 32.4 Å². The molecule has 16 heavy (non-hydrogen) atoms. The first-order chi connectivity index (χ1) is 7.48. The lowest BCUT2D eigenvalue weighted by Crippen LogP contribution is -2.39. The largest absolute Gasteiger partial charge is 0.295 e. The van der Waals surface area contributed by atoms with Crippen LogP contribution in [-0.2, 0) is 0 Å². The van der Waals surface area contributed by atoms with Gasteiger partial charge in [0.25, 0.3) is 0 Å². The van der Waals surface area contributed by atoms with Gasteiger partial charge in [-0.1, -0.05) is 18.1 Å². The molecule has 0 amide bonds. The van der Waals surface area contributed by atoms with E-state index in [1.165, 1.54) is 10.5 Å². The zero-order valence-corrected chi connectivity index (χ0v) is 11.2. The van der Waals surface area contributed by atoms with Crippen LogP contribution in [-0.4, -0.2) is 11.8 Å². The van der Waals surface area contributed by atoms with E-state index in [2.05, 4.69) is 48.7 Å². The van der Waals surface area contributed by atoms with Crippen molar-refractivity contribution in [1.29, 1.82) is 0 Å². The van der Waals surface area contributed by atoms with Gasteiger partial charge in [0.15, 0.2) is 0 Å². The third kappa shape index (κ3) is 3.59. The number of rotatable bonds is 4. The molecule has 0 spiro atoms. The van der Waals surface area contributed by atoms with E-state index in [9.17, 15) is 0 Å². The molecule has 0 saturated carbocycles. The van der Waals surface area contributed by atoms with Crippen LogP contribution >= 0.6 is 11.8 Å². The predicted molar refractivity (Wildman–Crippen MR) is 72.7 cm³/mol. The van der Waals surface area contributed by atoms with Gasteiger partial charge < -0.3 is 0 Å². The Kier molecular flexibility index (Phi) is 4.46. The summed E-state index contributed by atoms with van der Waals surface area (Å²) in [7, 11) is 0. The summed E-state index contributed by atoms with van der Waals surface area (Å²) >= 11 is 1.75. The third-order valence-electron chi connectivity index (χ3n) is 2.55. The molecule has 0 aliphatic carbocycles. The van der Waals surface area contributed by atoms with Gasteiger partial charge in [-0.15, -0.1) is 18.2 Å². The molecule has 0 radical (unpaired) electrons. The van der Waals surface area contributed by atoms with Crippen LogP contribution in [0.4, 0.5) is 0 Å². The van der Waals surface area contributed by atoms with Gasteiger partial charge in [-0.25, -0.2) is 0 Å². The second-order valence-electron chi connectivity index (χ2n) is 4.41. The molecule has 1 atom stereocenters. The van der Waals surface area contributed by atoms with Crippen molar-refractivity contribution in [1.82, 2.24) is 5.32 Å². The minimum absolute atomic E-state index is 0.266. The van der Waals surface area contributed by atoms with Crippen molar-refractivity contribution in [2.24, 2.45) is 0 Å². The Hall–Kier alpha value is -0.910. The van der Waals surface area contributed by atoms with Crippen molar-refractivity contribution in [3.8, 4) is 12.3 Å². The van der Waals surface area contributed by atoms with Crippen LogP contribution in [0.2, 0.25) is 0 Å². The first kappa shape index (κ1) is 13.2. The van der Waals surface area contributed by atoms with E-state index in [4.69, 9.17) is 6.42 Å². The Morgan fingerprint density at radius 2 is 1.88 bits per heavy atom. The molecule has 0 aliphatic heterocycles. The number of thioether (sulfide) groups is 1. The molecule has 0 saturated heterocycles. The Balaban J connectivity index is 2.74. The van der Waals surface area contributed by atoms with Crippen LogP contribution in [0.15, 0.2) is 29.2 Å². The fourth-order valence-corrected chi connectivity index (χ4v) is 1.97. The van der Waals surface area contributed by atoms with Crippen molar-refractivity contribution in [2.75, 3.05) is 6.26 Å². The molecule has 1 aromatic rings. The third-order valence-corrected chi connectivity index (χ3v) is 3.30. The van der Waals surface area contributed by atoms with Gasteiger partial charge in [0.1, 0.15) is 0 Å². The van der Waals surface area contributed by atoms with Crippen molar-refractivity contribution in [3.05, 3.63) is 29.8 Å². The van der Waals surface area contributed by atoms with E-state index in [1.54, 1.807) is 11.8 Å². The van der Waals surface area contributed by atoms with E-state index in [0.717, 1.165) is 0 Å². The molecule has 1 nitrogen and oxygen atoms in total. The zero-order valence-electron chi connectivity index (χ0n) is 10.4. The predicted octanol–water partition coefficient (Wildman–Crippen LogP) is 3.47. The van der Waals surface area contributed by atoms with Gasteiger partial charge in [-0.2, -0.15) is 0 Å². The summed E-state index contributed by atoms with van der Waals surface area (Å²) < 4.78 is 0. The summed E-state index contributed by atoms with van der Waals surface area (Å²) in [4.78, 5) is 1.28. The second-order valence-corrected chi connectivity index (χ2v) is 5.29. The van der Waals surface area contributed by atoms with Crippen LogP contribution in [0.3, 0.4) is 0 Å². The lowest BCUT2D eigenvalue weighted by molar-refractivity contribution is 0.431. The quantitative estimate of drug-likeness (QED) is 0.631. The SMILES string of the molecule is C#CC(C)(C)NC(C)c1ccc(SC)cc1. The molecule has 0 bridgehead atoms. The zero-order chi connectivity index (χ0) is 12.2. The highest BCUT2D eigenvalue weighted by Crippen LogP contribution is 2.20. The van der Waals surface area contributed by atoms with E-state index in [0.29, 0.717) is 0 Å². The first-order valence-corrected chi connectivity index (χ1v) is 6.60. The van der Waals surface area contributed by atoms with E-state index in [1.807, 2.05) is 13.8 Å². The maximum Gasteiger partial charge on any atom is 0.0745 e. The molecular weight excluding hydrogens is 214 g/mol. The molecule has 1 rings (SSSR count). The van der Waals surface area contributed by atoms with Gasteiger partial charge in [0.2, 0.25) is 0 Å². The van der Waals surface area contributed by atoms with Crippen LogP contribution < -0.4 is 5.32 Å². The standard InChI is InChI=1S/C14H19NS/c1-6-14(3,4)15-11(2)12-7-9-13(16-5)10-8-12/h1,7-11,15H,2-5H3. The molecule has 0 aromatic heterocycles. The summed E-state index contributed by atoms with van der Waals surface area (Å²) in [5.74, 6) is 2.75. The molecule has 1 N–H and O–H groups in total. The lowest BCUT2D eigenvalue weighted by Gasteiger charge is -2.25. The van der Waals surface area contributed by atoms with Gasteiger partial charge in [0.05, 0.1) is 5.54 Å². The molecule has 86 valence electrons. The maximum absolute atomic E-state index is 5.46. The number of benzene rings is 1. The Labute approximate surface area is 103 Å². The summed E-state index contributed by atoms with van der Waals surface area (Å²) in [6.45, 7) is 6.16. The van der Waals surface area contributed by atoms with E-state index in [-0.39, 0.29) is 11.6 Å². The highest BCUT2D eigenvalue weighted by Gasteiger charge is 2.17. The second kappa shape index (κ2) is 5.43. The van der Waals surface area contributed by atoms with Gasteiger partial charge in [0, 0.05) is 10.9 Å². The maximum atomic E-state index is 5.46. The lowest BCUT2D eigenvalue weighted by atomic mass is 10.0. The highest BCUT2D eigenvalue weighted by atomic mass is 32.2. The topological polar surface area (TPSA) is 12.0 Å². The molecule has 1 aromatic carbocycles. The Morgan fingerprint density at radius 1 is 1.31 bits per heavy atom. The first-order valence-electron chi connectivity index (χ1n) is 5.38. The summed E-state index contributed by atoms with van der Waals surface area (Å²) in [6.07, 6.45) is 7.54. The van der Waals surface area contributed by atoms with Gasteiger partial charge in [-0.3, -0.25) is 5.32 Å². The summed E-state index contributed by atoms with van der Waals surface area (Å²) in [6, 6.07) is 8.84. The van der Waals surface area contributed by atoms with Crippen LogP contribution in [0.25, 0.3) is 0 Å². The smallest absolute Gasteiger partial charge is 0.0745 e. The molecular formula is C14H19NS. The van der Waals surface area contributed by atoms with Gasteiger partial charge in [-0.05, 0) is 44.7 Å². The van der Waals surface area contributed by atoms with Gasteiger partial charge >= 0.3 is 0 Å². The number of hydrogen-bond donors (Lipinski definition) is 1. The van der Waals surface area contributed by atoms with Crippen LogP contribution in [0, 0.1) is 12.3 Å². The molecule has 0 fully saturated rings. The monoisotopic (exact) mass is 233 g/mol. The molecule has 2 heteroatoms. The van der Waals surface area contributed by atoms with Crippen molar-refractivity contribution in [2.45, 2.75) is 37.2 Å². The normalized spacial score (nSPS) is 13.2. The fraction of sp³-hybridized carbons (Fsp3) is 0.429. The number of terminal acetylenes is 1. The van der Waals surface area contributed by atoms with E-state index < -0.39 is 0 Å². The molecule has 0 aliphatic rings. The minimum Gasteiger partial charge on any atom is -0.295 e. The van der Waals surface area contributed by atoms with Crippen molar-refractivity contribution < 1.29 is 0 Å². The fourth-order valence-electron chi connectivity index (χ4n) is 1.56. The molecule has 0 heterocycles. The Morgan fingerprint density at radius 3 is 2.31 bits per heavy atom. The van der Waals surface area contributed by atoms with E-state index >= 15 is 0 Å². The van der Waals surface area contributed by atoms with Crippen molar-refractivity contribution in [3.63, 3.8) is 0 Å². The average Bonchev–Trinajstić information content (AvgIpc) is 2.28. The average molecular weight is 233 g/mol. The van der Waals surface area contributed by atoms with Crippen molar-refractivity contribution >= 4 is 11.8 Å². The summed E-state index contributed by atoms with van der Waals surface area (Å²) in [5, 5.41) is 3.42. The molecule has 1 unspecified atom stereocenters. The number of nitrogens with one attached hydrogen (secondary N) is 1.